The van der Waals surface area contributed by atoms with Crippen molar-refractivity contribution >= 4 is 46.5 Å². The monoisotopic (exact) mass is 596 g/mol. The van der Waals surface area contributed by atoms with Crippen molar-refractivity contribution in [2.45, 2.75) is 32.0 Å². The number of hydrogen-bond acceptors (Lipinski definition) is 6. The largest absolute Gasteiger partial charge is 0.353 e. The lowest BCUT2D eigenvalue weighted by Gasteiger charge is -2.43. The Hall–Kier alpha value is -2.86. The van der Waals surface area contributed by atoms with E-state index in [9.17, 15) is 4.79 Å². The molecule has 0 radical (unpaired) electrons. The summed E-state index contributed by atoms with van der Waals surface area (Å²) in [6, 6.07) is 17.5. The molecule has 40 heavy (non-hydrogen) atoms. The van der Waals surface area contributed by atoms with Crippen molar-refractivity contribution in [3.8, 4) is 6.07 Å². The van der Waals surface area contributed by atoms with E-state index in [0.717, 1.165) is 70.0 Å². The number of aromatic nitrogens is 1. The van der Waals surface area contributed by atoms with Crippen LogP contribution in [0.1, 0.15) is 39.9 Å². The van der Waals surface area contributed by atoms with Crippen molar-refractivity contribution in [3.63, 3.8) is 0 Å². The highest BCUT2D eigenvalue weighted by Gasteiger charge is 2.28. The van der Waals surface area contributed by atoms with Crippen molar-refractivity contribution in [3.05, 3.63) is 92.0 Å². The van der Waals surface area contributed by atoms with E-state index in [4.69, 9.17) is 40.1 Å². The van der Waals surface area contributed by atoms with Crippen LogP contribution in [0.4, 0.5) is 5.82 Å². The summed E-state index contributed by atoms with van der Waals surface area (Å²) in [5, 5.41) is 13.4. The zero-order valence-corrected chi connectivity index (χ0v) is 24.4. The third-order valence-corrected chi connectivity index (χ3v) is 8.58. The Kier molecular flexibility index (Phi) is 9.46. The van der Waals surface area contributed by atoms with Crippen LogP contribution in [0.25, 0.3) is 0 Å². The summed E-state index contributed by atoms with van der Waals surface area (Å²) in [6.45, 7) is 6.98. The summed E-state index contributed by atoms with van der Waals surface area (Å²) in [5.41, 5.74) is 3.15. The minimum atomic E-state index is -0.262. The lowest BCUT2D eigenvalue weighted by Crippen LogP contribution is -2.53. The molecule has 1 aromatic heterocycles. The molecule has 2 saturated heterocycles. The molecule has 2 aromatic carbocycles. The lowest BCUT2D eigenvalue weighted by atomic mass is 10.0. The summed E-state index contributed by atoms with van der Waals surface area (Å²) in [5.74, 6) is 0.457. The van der Waals surface area contributed by atoms with Crippen molar-refractivity contribution < 1.29 is 4.79 Å². The lowest BCUT2D eigenvalue weighted by molar-refractivity contribution is 0.0950. The molecule has 2 aliphatic heterocycles. The molecule has 7 nitrogen and oxygen atoms in total. The highest BCUT2D eigenvalue weighted by molar-refractivity contribution is 6.35. The van der Waals surface area contributed by atoms with Crippen molar-refractivity contribution in [2.75, 3.05) is 44.2 Å². The maximum atomic E-state index is 12.7. The van der Waals surface area contributed by atoms with E-state index in [0.29, 0.717) is 32.2 Å². The maximum absolute atomic E-state index is 12.7. The molecule has 3 heterocycles. The first-order chi connectivity index (χ1) is 19.4. The topological polar surface area (TPSA) is 75.5 Å². The van der Waals surface area contributed by atoms with Crippen LogP contribution in [0.15, 0.2) is 54.7 Å². The number of nitriles is 1. The second-order valence-corrected chi connectivity index (χ2v) is 11.5. The standard InChI is InChI=1S/C30H31Cl3N6O/c31-25-6-5-23(27(32)16-25)18-36-30(40)24-15-28(33)29(35-19-24)39-13-11-38(12-14-39)26-7-9-37(10-8-26)20-22-3-1-21(17-34)2-4-22/h1-6,15-16,19,26H,7-14,18,20H2,(H,36,40). The van der Waals surface area contributed by atoms with Crippen LogP contribution in [0.3, 0.4) is 0 Å². The number of halogens is 3. The molecular formula is C30H31Cl3N6O. The SMILES string of the molecule is N#Cc1ccc(CN2CCC(N3CCN(c4ncc(C(=O)NCc5ccc(Cl)cc5Cl)cc4Cl)CC3)CC2)cc1. The summed E-state index contributed by atoms with van der Waals surface area (Å²) >= 11 is 18.7. The number of pyridine rings is 1. The van der Waals surface area contributed by atoms with Crippen molar-refractivity contribution in [1.82, 2.24) is 20.1 Å². The highest BCUT2D eigenvalue weighted by Crippen LogP contribution is 2.27. The van der Waals surface area contributed by atoms with Crippen molar-refractivity contribution in [1.29, 1.82) is 5.26 Å². The Morgan fingerprint density at radius 2 is 1.68 bits per heavy atom. The van der Waals surface area contributed by atoms with E-state index in [1.807, 2.05) is 12.1 Å². The van der Waals surface area contributed by atoms with Crippen LogP contribution < -0.4 is 10.2 Å². The molecule has 1 amide bonds. The van der Waals surface area contributed by atoms with Gasteiger partial charge in [-0.2, -0.15) is 5.26 Å². The van der Waals surface area contributed by atoms with E-state index in [1.165, 1.54) is 5.56 Å². The van der Waals surface area contributed by atoms with Crippen LogP contribution in [-0.2, 0) is 13.1 Å². The van der Waals surface area contributed by atoms with Gasteiger partial charge in [0.1, 0.15) is 5.82 Å². The maximum Gasteiger partial charge on any atom is 0.253 e. The third kappa shape index (κ3) is 7.06. The fourth-order valence-corrected chi connectivity index (χ4v) is 6.18. The minimum absolute atomic E-state index is 0.262. The summed E-state index contributed by atoms with van der Waals surface area (Å²) in [6.07, 6.45) is 3.89. The molecule has 0 unspecified atom stereocenters. The number of carbonyl (C=O) groups is 1. The van der Waals surface area contributed by atoms with Crippen molar-refractivity contribution in [2.24, 2.45) is 0 Å². The van der Waals surface area contributed by atoms with Gasteiger partial charge >= 0.3 is 0 Å². The van der Waals surface area contributed by atoms with Gasteiger partial charge in [0.05, 0.1) is 22.2 Å². The first kappa shape index (κ1) is 28.7. The molecule has 2 fully saturated rings. The number of nitrogens with zero attached hydrogens (tertiary/aromatic N) is 5. The molecule has 1 N–H and O–H groups in total. The Balaban J connectivity index is 1.08. The van der Waals surface area contributed by atoms with Gasteiger partial charge in [0.25, 0.3) is 5.91 Å². The zero-order valence-electron chi connectivity index (χ0n) is 22.1. The number of rotatable bonds is 7. The number of nitrogens with one attached hydrogen (secondary N) is 1. The van der Waals surface area contributed by atoms with Gasteiger partial charge in [-0.1, -0.05) is 53.0 Å². The van der Waals surface area contributed by atoms with Crippen LogP contribution in [-0.4, -0.2) is 66.0 Å². The van der Waals surface area contributed by atoms with Gasteiger partial charge in [0, 0.05) is 61.6 Å². The van der Waals surface area contributed by atoms with Crippen LogP contribution in [0, 0.1) is 11.3 Å². The van der Waals surface area contributed by atoms with Gasteiger partial charge in [0.2, 0.25) is 0 Å². The van der Waals surface area contributed by atoms with E-state index in [1.54, 1.807) is 30.5 Å². The van der Waals surface area contributed by atoms with Gasteiger partial charge < -0.3 is 10.2 Å². The molecule has 5 rings (SSSR count). The molecule has 3 aromatic rings. The number of carbonyl (C=O) groups excluding carboxylic acids is 1. The van der Waals surface area contributed by atoms with Gasteiger partial charge in [-0.15, -0.1) is 0 Å². The molecule has 0 spiro atoms. The highest BCUT2D eigenvalue weighted by atomic mass is 35.5. The average molecular weight is 598 g/mol. The van der Waals surface area contributed by atoms with E-state index in [2.05, 4.69) is 43.2 Å². The molecule has 0 atom stereocenters. The number of amides is 1. The fourth-order valence-electron chi connectivity index (χ4n) is 5.41. The number of piperazine rings is 1. The molecule has 0 aliphatic carbocycles. The first-order valence-electron chi connectivity index (χ1n) is 13.5. The van der Waals surface area contributed by atoms with Crippen LogP contribution in [0.2, 0.25) is 15.1 Å². The summed E-state index contributed by atoms with van der Waals surface area (Å²) in [4.78, 5) is 24.5. The number of likely N-dealkylation sites (tertiary alicyclic amines) is 1. The van der Waals surface area contributed by atoms with E-state index < -0.39 is 0 Å². The number of piperidine rings is 1. The Morgan fingerprint density at radius 1 is 0.950 bits per heavy atom. The smallest absolute Gasteiger partial charge is 0.253 e. The normalized spacial score (nSPS) is 17.0. The third-order valence-electron chi connectivity index (χ3n) is 7.71. The zero-order chi connectivity index (χ0) is 28.1. The number of benzene rings is 2. The summed E-state index contributed by atoms with van der Waals surface area (Å²) in [7, 11) is 0. The van der Waals surface area contributed by atoms with E-state index in [-0.39, 0.29) is 12.5 Å². The predicted octanol–water partition coefficient (Wildman–Crippen LogP) is 5.63. The van der Waals surface area contributed by atoms with E-state index >= 15 is 0 Å². The quantitative estimate of drug-likeness (QED) is 0.381. The molecule has 0 saturated carbocycles. The van der Waals surface area contributed by atoms with Gasteiger partial charge in [-0.3, -0.25) is 14.6 Å². The Labute approximate surface area is 250 Å². The molecule has 2 aliphatic rings. The second-order valence-electron chi connectivity index (χ2n) is 10.3. The van der Waals surface area contributed by atoms with Gasteiger partial charge in [0.15, 0.2) is 0 Å². The first-order valence-corrected chi connectivity index (χ1v) is 14.6. The predicted molar refractivity (Wildman–Crippen MR) is 160 cm³/mol. The second kappa shape index (κ2) is 13.2. The molecule has 0 bridgehead atoms. The fraction of sp³-hybridized carbons (Fsp3) is 0.367. The van der Waals surface area contributed by atoms with Crippen LogP contribution >= 0.6 is 34.8 Å². The molecular weight excluding hydrogens is 567 g/mol. The minimum Gasteiger partial charge on any atom is -0.353 e. The van der Waals surface area contributed by atoms with Gasteiger partial charge in [-0.25, -0.2) is 4.98 Å². The average Bonchev–Trinajstić information content (AvgIpc) is 2.97. The summed E-state index contributed by atoms with van der Waals surface area (Å²) < 4.78 is 0. The number of hydrogen-bond donors (Lipinski definition) is 1. The van der Waals surface area contributed by atoms with Gasteiger partial charge in [-0.05, 0) is 67.4 Å². The molecule has 208 valence electrons. The number of anilines is 1. The molecule has 10 heteroatoms. The Bertz CT molecular complexity index is 1380. The Morgan fingerprint density at radius 3 is 2.33 bits per heavy atom. The van der Waals surface area contributed by atoms with Crippen LogP contribution in [0.5, 0.6) is 0 Å².